The van der Waals surface area contributed by atoms with E-state index in [1.165, 1.54) is 0 Å². The van der Waals surface area contributed by atoms with Crippen molar-refractivity contribution in [1.29, 1.82) is 0 Å². The molecule has 1 aliphatic rings. The number of benzene rings is 1. The Kier molecular flexibility index (Phi) is 4.05. The van der Waals surface area contributed by atoms with Gasteiger partial charge in [0.05, 0.1) is 25.8 Å². The van der Waals surface area contributed by atoms with Gasteiger partial charge in [-0.25, -0.2) is 4.79 Å². The van der Waals surface area contributed by atoms with Gasteiger partial charge < -0.3 is 24.2 Å². The number of rotatable bonds is 4. The molecule has 0 bridgehead atoms. The number of methoxy groups -OCH3 is 2. The third-order valence-corrected chi connectivity index (χ3v) is 3.71. The van der Waals surface area contributed by atoms with Crippen molar-refractivity contribution in [3.8, 4) is 11.5 Å². The summed E-state index contributed by atoms with van der Waals surface area (Å²) in [6.07, 6.45) is 0. The second-order valence-electron chi connectivity index (χ2n) is 5.28. The van der Waals surface area contributed by atoms with E-state index in [0.29, 0.717) is 42.0 Å². The van der Waals surface area contributed by atoms with Crippen molar-refractivity contribution in [1.82, 2.24) is 15.0 Å². The quantitative estimate of drug-likeness (QED) is 0.927. The Labute approximate surface area is 133 Å². The van der Waals surface area contributed by atoms with Crippen LogP contribution in [0.3, 0.4) is 0 Å². The molecule has 3 rings (SSSR count). The number of urea groups is 1. The first-order valence-corrected chi connectivity index (χ1v) is 7.19. The first-order valence-electron chi connectivity index (χ1n) is 7.19. The number of anilines is 1. The Morgan fingerprint density at radius 2 is 2.13 bits per heavy atom. The highest BCUT2D eigenvalue weighted by atomic mass is 16.5. The third kappa shape index (κ3) is 3.05. The summed E-state index contributed by atoms with van der Waals surface area (Å²) >= 11 is 0. The molecule has 2 amide bonds. The smallest absolute Gasteiger partial charge is 0.321 e. The van der Waals surface area contributed by atoms with Crippen LogP contribution < -0.4 is 14.8 Å². The van der Waals surface area contributed by atoms with Crippen LogP contribution in [-0.2, 0) is 0 Å². The zero-order valence-electron chi connectivity index (χ0n) is 13.2. The molecule has 8 nitrogen and oxygen atoms in total. The Morgan fingerprint density at radius 1 is 1.35 bits per heavy atom. The minimum atomic E-state index is -0.194. The third-order valence-electron chi connectivity index (χ3n) is 3.71. The van der Waals surface area contributed by atoms with E-state index in [0.717, 1.165) is 0 Å². The molecule has 1 aliphatic heterocycles. The van der Waals surface area contributed by atoms with Gasteiger partial charge in [0.2, 0.25) is 5.89 Å². The standard InChI is InChI=1S/C15H18N4O4/c1-9-16-14(23-18-9)10-7-19(8-10)15(20)17-12-5-4-11(21-2)6-13(12)22-3/h4-6,10H,7-8H2,1-3H3,(H,17,20). The molecule has 0 atom stereocenters. The number of carbonyl (C=O) groups excluding carboxylic acids is 1. The van der Waals surface area contributed by atoms with Crippen molar-refractivity contribution < 1.29 is 18.8 Å². The Balaban J connectivity index is 1.60. The monoisotopic (exact) mass is 318 g/mol. The predicted octanol–water partition coefficient (Wildman–Crippen LogP) is 2.03. The van der Waals surface area contributed by atoms with Crippen LogP contribution in [-0.4, -0.2) is 48.4 Å². The molecule has 8 heteroatoms. The molecule has 2 aromatic rings. The number of aryl methyl sites for hydroxylation is 1. The average Bonchev–Trinajstić information content (AvgIpc) is 2.92. The fraction of sp³-hybridized carbons (Fsp3) is 0.400. The number of likely N-dealkylation sites (tertiary alicyclic amines) is 1. The first kappa shape index (κ1) is 15.1. The summed E-state index contributed by atoms with van der Waals surface area (Å²) in [6.45, 7) is 2.87. The molecule has 2 heterocycles. The van der Waals surface area contributed by atoms with E-state index in [9.17, 15) is 4.79 Å². The van der Waals surface area contributed by atoms with Crippen LogP contribution in [0.4, 0.5) is 10.5 Å². The lowest BCUT2D eigenvalue weighted by Gasteiger charge is -2.36. The van der Waals surface area contributed by atoms with Crippen molar-refractivity contribution in [3.05, 3.63) is 29.9 Å². The highest BCUT2D eigenvalue weighted by Crippen LogP contribution is 2.31. The van der Waals surface area contributed by atoms with Gasteiger partial charge in [0, 0.05) is 19.2 Å². The Hall–Kier alpha value is -2.77. The normalized spacial score (nSPS) is 14.3. The maximum Gasteiger partial charge on any atom is 0.321 e. The molecule has 122 valence electrons. The van der Waals surface area contributed by atoms with Crippen molar-refractivity contribution in [2.24, 2.45) is 0 Å². The summed E-state index contributed by atoms with van der Waals surface area (Å²) in [5, 5.41) is 6.59. The molecule has 1 fully saturated rings. The summed E-state index contributed by atoms with van der Waals surface area (Å²) in [7, 11) is 3.12. The van der Waals surface area contributed by atoms with Crippen LogP contribution in [0.2, 0.25) is 0 Å². The van der Waals surface area contributed by atoms with E-state index in [-0.39, 0.29) is 11.9 Å². The highest BCUT2D eigenvalue weighted by molar-refractivity contribution is 5.91. The lowest BCUT2D eigenvalue weighted by Crippen LogP contribution is -2.50. The van der Waals surface area contributed by atoms with E-state index < -0.39 is 0 Å². The Bertz CT molecular complexity index is 709. The Morgan fingerprint density at radius 3 is 2.74 bits per heavy atom. The van der Waals surface area contributed by atoms with Gasteiger partial charge in [-0.05, 0) is 19.1 Å². The minimum absolute atomic E-state index is 0.0970. The van der Waals surface area contributed by atoms with Crippen LogP contribution in [0.1, 0.15) is 17.6 Å². The highest BCUT2D eigenvalue weighted by Gasteiger charge is 2.35. The van der Waals surface area contributed by atoms with Crippen molar-refractivity contribution in [2.45, 2.75) is 12.8 Å². The number of aromatic nitrogens is 2. The van der Waals surface area contributed by atoms with Gasteiger partial charge in [-0.2, -0.15) is 4.98 Å². The summed E-state index contributed by atoms with van der Waals surface area (Å²) in [5.41, 5.74) is 0.593. The van der Waals surface area contributed by atoms with E-state index in [1.54, 1.807) is 44.2 Å². The molecule has 1 saturated heterocycles. The zero-order chi connectivity index (χ0) is 16.4. The lowest BCUT2D eigenvalue weighted by atomic mass is 10.0. The molecular weight excluding hydrogens is 300 g/mol. The van der Waals surface area contributed by atoms with Gasteiger partial charge in [0.15, 0.2) is 5.82 Å². The van der Waals surface area contributed by atoms with E-state index in [2.05, 4.69) is 15.5 Å². The number of amides is 2. The van der Waals surface area contributed by atoms with Gasteiger partial charge in [-0.3, -0.25) is 0 Å². The van der Waals surface area contributed by atoms with Gasteiger partial charge in [0.25, 0.3) is 0 Å². The molecule has 1 N–H and O–H groups in total. The summed E-state index contributed by atoms with van der Waals surface area (Å²) < 4.78 is 15.5. The van der Waals surface area contributed by atoms with Crippen LogP contribution in [0.15, 0.2) is 22.7 Å². The predicted molar refractivity (Wildman–Crippen MR) is 81.9 cm³/mol. The molecule has 1 aromatic carbocycles. The second-order valence-corrected chi connectivity index (χ2v) is 5.28. The number of nitrogens with one attached hydrogen (secondary N) is 1. The van der Waals surface area contributed by atoms with E-state index in [1.807, 2.05) is 0 Å². The van der Waals surface area contributed by atoms with Crippen LogP contribution >= 0.6 is 0 Å². The molecular formula is C15H18N4O4. The summed E-state index contributed by atoms with van der Waals surface area (Å²) in [6, 6.07) is 5.03. The molecule has 0 saturated carbocycles. The van der Waals surface area contributed by atoms with E-state index >= 15 is 0 Å². The average molecular weight is 318 g/mol. The maximum atomic E-state index is 12.3. The number of hydrogen-bond donors (Lipinski definition) is 1. The fourth-order valence-corrected chi connectivity index (χ4v) is 2.38. The molecule has 0 spiro atoms. The topological polar surface area (TPSA) is 89.7 Å². The number of ether oxygens (including phenoxy) is 2. The molecule has 0 radical (unpaired) electrons. The molecule has 23 heavy (non-hydrogen) atoms. The van der Waals surface area contributed by atoms with Gasteiger partial charge in [-0.15, -0.1) is 0 Å². The van der Waals surface area contributed by atoms with Crippen molar-refractivity contribution >= 4 is 11.7 Å². The fourth-order valence-electron chi connectivity index (χ4n) is 2.38. The second kappa shape index (κ2) is 6.15. The summed E-state index contributed by atoms with van der Waals surface area (Å²) in [4.78, 5) is 18.1. The van der Waals surface area contributed by atoms with Crippen molar-refractivity contribution in [3.63, 3.8) is 0 Å². The SMILES string of the molecule is COc1ccc(NC(=O)N2CC(c3nc(C)no3)C2)c(OC)c1. The first-order chi connectivity index (χ1) is 11.1. The molecule has 1 aromatic heterocycles. The van der Waals surface area contributed by atoms with Gasteiger partial charge in [-0.1, -0.05) is 5.16 Å². The largest absolute Gasteiger partial charge is 0.497 e. The zero-order valence-corrected chi connectivity index (χ0v) is 13.2. The van der Waals surface area contributed by atoms with Crippen LogP contribution in [0, 0.1) is 6.92 Å². The molecule has 0 unspecified atom stereocenters. The number of nitrogens with zero attached hydrogens (tertiary/aromatic N) is 3. The van der Waals surface area contributed by atoms with Crippen LogP contribution in [0.5, 0.6) is 11.5 Å². The molecule has 0 aliphatic carbocycles. The minimum Gasteiger partial charge on any atom is -0.497 e. The number of carbonyl (C=O) groups is 1. The van der Waals surface area contributed by atoms with Gasteiger partial charge >= 0.3 is 6.03 Å². The number of hydrogen-bond acceptors (Lipinski definition) is 6. The van der Waals surface area contributed by atoms with Gasteiger partial charge in [0.1, 0.15) is 11.5 Å². The van der Waals surface area contributed by atoms with E-state index in [4.69, 9.17) is 14.0 Å². The lowest BCUT2D eigenvalue weighted by molar-refractivity contribution is 0.147. The van der Waals surface area contributed by atoms with Crippen LogP contribution in [0.25, 0.3) is 0 Å². The maximum absolute atomic E-state index is 12.3. The summed E-state index contributed by atoms with van der Waals surface area (Å²) in [5.74, 6) is 2.48. The van der Waals surface area contributed by atoms with Crippen molar-refractivity contribution in [2.75, 3.05) is 32.6 Å².